The molecule has 0 saturated carbocycles. The Morgan fingerprint density at radius 1 is 1.04 bits per heavy atom. The molecule has 9 atom stereocenters. The SMILES string of the molecule is C=CCCC(=O)N(C)[C@@H](C)[C@@H](OC(=O)[C@@H]1[C@H]2O[C@@]3(CC2Br)[C@H](C(=O)N(CC=C)c2ccc(OC)cc2)N([C@@H](CO)Cc2ccccc2)C(=O)[C@@H]13)c1ccccc1. The molecule has 2 bridgehead atoms. The van der Waals surface area contributed by atoms with Crippen molar-refractivity contribution in [3.05, 3.63) is 121 Å². The normalized spacial score (nSPS) is 25.1. The number of hydrogen-bond donors (Lipinski definition) is 1. The van der Waals surface area contributed by atoms with Gasteiger partial charge in [0.1, 0.15) is 23.5 Å². The molecule has 1 spiro atoms. The van der Waals surface area contributed by atoms with Crippen molar-refractivity contribution in [2.45, 2.75) is 73.4 Å². The Hall–Kier alpha value is -4.78. The molecule has 6 rings (SSSR count). The van der Waals surface area contributed by atoms with Crippen molar-refractivity contribution >= 4 is 45.3 Å². The van der Waals surface area contributed by atoms with Crippen molar-refractivity contribution in [1.29, 1.82) is 0 Å². The molecule has 11 nitrogen and oxygen atoms in total. The van der Waals surface area contributed by atoms with Gasteiger partial charge in [-0.3, -0.25) is 19.2 Å². The van der Waals surface area contributed by atoms with Gasteiger partial charge in [0, 0.05) is 30.5 Å². The molecule has 3 heterocycles. The molecule has 3 saturated heterocycles. The first-order valence-electron chi connectivity index (χ1n) is 19.0. The van der Waals surface area contributed by atoms with Crippen LogP contribution in [0.2, 0.25) is 0 Å². The van der Waals surface area contributed by atoms with E-state index >= 15 is 9.59 Å². The molecule has 3 aromatic rings. The fraction of sp³-hybridized carbons (Fsp3) is 0.409. The van der Waals surface area contributed by atoms with Crippen LogP contribution >= 0.6 is 15.9 Å². The Kier molecular flexibility index (Phi) is 12.8. The van der Waals surface area contributed by atoms with Crippen molar-refractivity contribution < 1.29 is 38.5 Å². The minimum absolute atomic E-state index is 0.120. The molecule has 3 aromatic carbocycles. The summed E-state index contributed by atoms with van der Waals surface area (Å²) in [5, 5.41) is 11.0. The maximum absolute atomic E-state index is 15.2. The van der Waals surface area contributed by atoms with Gasteiger partial charge in [0.2, 0.25) is 11.8 Å². The summed E-state index contributed by atoms with van der Waals surface area (Å²) in [5.41, 5.74) is 0.667. The largest absolute Gasteiger partial charge is 0.497 e. The van der Waals surface area contributed by atoms with E-state index in [1.807, 2.05) is 67.6 Å². The molecule has 3 fully saturated rings. The highest BCUT2D eigenvalue weighted by Gasteiger charge is 2.77. The summed E-state index contributed by atoms with van der Waals surface area (Å²) >= 11 is 3.77. The number of nitrogens with zero attached hydrogens (tertiary/aromatic N) is 3. The van der Waals surface area contributed by atoms with E-state index in [0.717, 1.165) is 5.56 Å². The fourth-order valence-electron chi connectivity index (χ4n) is 8.63. The monoisotopic (exact) mass is 827 g/mol. The third kappa shape index (κ3) is 7.66. The molecule has 56 heavy (non-hydrogen) atoms. The summed E-state index contributed by atoms with van der Waals surface area (Å²) in [4.78, 5) is 62.4. The van der Waals surface area contributed by atoms with Gasteiger partial charge in [-0.2, -0.15) is 0 Å². The molecule has 1 unspecified atom stereocenters. The lowest BCUT2D eigenvalue weighted by Crippen LogP contribution is -2.59. The van der Waals surface area contributed by atoms with E-state index in [1.165, 1.54) is 4.90 Å². The predicted octanol–water partition coefficient (Wildman–Crippen LogP) is 5.66. The van der Waals surface area contributed by atoms with Crippen LogP contribution in [-0.2, 0) is 35.1 Å². The molecule has 3 aliphatic rings. The van der Waals surface area contributed by atoms with Crippen molar-refractivity contribution in [2.24, 2.45) is 11.8 Å². The number of aliphatic hydroxyl groups excluding tert-OH is 1. The average Bonchev–Trinajstić information content (AvgIpc) is 3.83. The standard InChI is InChI=1S/C44H50BrN3O8/c1-6-8-19-35(50)46(4)28(3)38(30-17-13-10-14-18-30)55-43(53)36-37-41(51)48(32(27-49)25-29-15-11-9-12-16-29)40(44(37)26-34(45)39(36)56-44)42(52)47(24-7-2)31-20-22-33(54-5)23-21-31/h6-7,9-18,20-23,28,32,34,36-40,49H,1-2,8,19,24-27H2,3-5H3/t28-,32+,34?,36-,37+,38+,39-,40-,44+/m0/s1. The maximum Gasteiger partial charge on any atom is 0.313 e. The Bertz CT molecular complexity index is 1890. The molecular weight excluding hydrogens is 778 g/mol. The average molecular weight is 829 g/mol. The fourth-order valence-corrected chi connectivity index (χ4v) is 9.57. The van der Waals surface area contributed by atoms with Crippen LogP contribution in [-0.4, -0.2) is 101 Å². The van der Waals surface area contributed by atoms with Crippen LogP contribution < -0.4 is 9.64 Å². The highest BCUT2D eigenvalue weighted by Crippen LogP contribution is 2.61. The lowest BCUT2D eigenvalue weighted by Gasteiger charge is -2.39. The number of likely N-dealkylation sites (N-methyl/N-ethyl adjacent to an activating group) is 1. The van der Waals surface area contributed by atoms with Crippen LogP contribution in [0.3, 0.4) is 0 Å². The Balaban J connectivity index is 1.41. The van der Waals surface area contributed by atoms with Gasteiger partial charge in [0.25, 0.3) is 5.91 Å². The second kappa shape index (κ2) is 17.6. The number of amides is 3. The first-order chi connectivity index (χ1) is 27.0. The number of carbonyl (C=O) groups is 4. The zero-order valence-electron chi connectivity index (χ0n) is 32.0. The topological polar surface area (TPSA) is 126 Å². The zero-order chi connectivity index (χ0) is 40.1. The van der Waals surface area contributed by atoms with Crippen LogP contribution in [0.1, 0.15) is 43.4 Å². The summed E-state index contributed by atoms with van der Waals surface area (Å²) in [6.45, 7) is 9.14. The summed E-state index contributed by atoms with van der Waals surface area (Å²) in [7, 11) is 3.24. The molecule has 0 aliphatic carbocycles. The predicted molar refractivity (Wildman–Crippen MR) is 216 cm³/mol. The van der Waals surface area contributed by atoms with Gasteiger partial charge in [-0.25, -0.2) is 0 Å². The number of ether oxygens (including phenoxy) is 3. The summed E-state index contributed by atoms with van der Waals surface area (Å²) in [5.74, 6) is -3.26. The number of allylic oxidation sites excluding steroid dienone is 1. The third-order valence-electron chi connectivity index (χ3n) is 11.5. The number of alkyl halides is 1. The number of esters is 1. The van der Waals surface area contributed by atoms with Crippen molar-refractivity contribution in [3.8, 4) is 5.75 Å². The summed E-state index contributed by atoms with van der Waals surface area (Å²) in [6.07, 6.45) is 2.90. The van der Waals surface area contributed by atoms with Gasteiger partial charge >= 0.3 is 5.97 Å². The van der Waals surface area contributed by atoms with E-state index in [1.54, 1.807) is 60.4 Å². The van der Waals surface area contributed by atoms with Crippen LogP contribution in [0.15, 0.2) is 110 Å². The molecule has 3 amide bonds. The number of likely N-dealkylation sites (tertiary alicyclic amines) is 1. The first-order valence-corrected chi connectivity index (χ1v) is 19.9. The lowest BCUT2D eigenvalue weighted by atomic mass is 9.70. The van der Waals surface area contributed by atoms with Gasteiger partial charge in [-0.05, 0) is 61.6 Å². The Labute approximate surface area is 337 Å². The summed E-state index contributed by atoms with van der Waals surface area (Å²) in [6, 6.07) is 23.1. The second-order valence-corrected chi connectivity index (χ2v) is 15.9. The molecule has 0 aromatic heterocycles. The number of benzene rings is 3. The van der Waals surface area contributed by atoms with E-state index in [9.17, 15) is 14.7 Å². The molecule has 12 heteroatoms. The minimum Gasteiger partial charge on any atom is -0.497 e. The smallest absolute Gasteiger partial charge is 0.313 e. The van der Waals surface area contributed by atoms with Crippen LogP contribution in [0.5, 0.6) is 5.75 Å². The number of halogens is 1. The number of rotatable bonds is 17. The molecule has 0 radical (unpaired) electrons. The van der Waals surface area contributed by atoms with Gasteiger partial charge in [-0.15, -0.1) is 13.2 Å². The van der Waals surface area contributed by atoms with E-state index in [0.29, 0.717) is 23.4 Å². The quantitative estimate of drug-likeness (QED) is 0.105. The first kappa shape index (κ1) is 40.9. The van der Waals surface area contributed by atoms with Crippen molar-refractivity contribution in [2.75, 3.05) is 32.2 Å². The zero-order valence-corrected chi connectivity index (χ0v) is 33.6. The van der Waals surface area contributed by atoms with Crippen molar-refractivity contribution in [3.63, 3.8) is 0 Å². The maximum atomic E-state index is 15.2. The van der Waals surface area contributed by atoms with Crippen molar-refractivity contribution in [1.82, 2.24) is 9.80 Å². The van der Waals surface area contributed by atoms with Crippen LogP contribution in [0.4, 0.5) is 5.69 Å². The number of hydrogen-bond acceptors (Lipinski definition) is 8. The third-order valence-corrected chi connectivity index (χ3v) is 12.3. The van der Waals surface area contributed by atoms with E-state index in [4.69, 9.17) is 14.2 Å². The van der Waals surface area contributed by atoms with Gasteiger partial charge in [-0.1, -0.05) is 88.7 Å². The van der Waals surface area contributed by atoms with Crippen LogP contribution in [0.25, 0.3) is 0 Å². The van der Waals surface area contributed by atoms with Gasteiger partial charge in [0.05, 0.1) is 43.7 Å². The van der Waals surface area contributed by atoms with E-state index in [2.05, 4.69) is 29.1 Å². The number of methoxy groups -OCH3 is 1. The Morgan fingerprint density at radius 3 is 2.30 bits per heavy atom. The van der Waals surface area contributed by atoms with Crippen LogP contribution in [0, 0.1) is 11.8 Å². The van der Waals surface area contributed by atoms with E-state index in [-0.39, 0.29) is 31.7 Å². The highest BCUT2D eigenvalue weighted by atomic mass is 79.9. The number of anilines is 1. The second-order valence-electron chi connectivity index (χ2n) is 14.7. The minimum atomic E-state index is -1.43. The molecular formula is C44H50BrN3O8. The molecule has 1 N–H and O–H groups in total. The molecule has 3 aliphatic heterocycles. The van der Waals surface area contributed by atoms with Gasteiger partial charge in [0.15, 0.2) is 0 Å². The lowest BCUT2D eigenvalue weighted by molar-refractivity contribution is -0.165. The number of aliphatic hydroxyl groups is 1. The number of fused-ring (bicyclic) bond motifs is 1. The van der Waals surface area contributed by atoms with Gasteiger partial charge < -0.3 is 34.0 Å². The highest BCUT2D eigenvalue weighted by molar-refractivity contribution is 9.09. The number of carbonyl (C=O) groups excluding carboxylic acids is 4. The Morgan fingerprint density at radius 2 is 1.70 bits per heavy atom. The summed E-state index contributed by atoms with van der Waals surface area (Å²) < 4.78 is 18.6. The molecule has 296 valence electrons. The van der Waals surface area contributed by atoms with E-state index < -0.39 is 77.0 Å².